The molecule has 0 saturated carbocycles. The lowest BCUT2D eigenvalue weighted by Gasteiger charge is -2.34. The summed E-state index contributed by atoms with van der Waals surface area (Å²) in [5.74, 6) is -1.05. The maximum absolute atomic E-state index is 12.1. The summed E-state index contributed by atoms with van der Waals surface area (Å²) < 4.78 is 0. The predicted molar refractivity (Wildman–Crippen MR) is 93.2 cm³/mol. The molecule has 2 aromatic carbocycles. The zero-order valence-corrected chi connectivity index (χ0v) is 13.7. The number of anilines is 1. The lowest BCUT2D eigenvalue weighted by Crippen LogP contribution is -2.36. The molecule has 23 heavy (non-hydrogen) atoms. The van der Waals surface area contributed by atoms with Crippen LogP contribution in [0.1, 0.15) is 30.4 Å². The molecule has 1 unspecified atom stereocenters. The summed E-state index contributed by atoms with van der Waals surface area (Å²) in [6.45, 7) is 1.89. The molecule has 4 heteroatoms. The van der Waals surface area contributed by atoms with Gasteiger partial charge in [0.05, 0.1) is 0 Å². The maximum atomic E-state index is 12.1. The molecule has 3 rings (SSSR count). The van der Waals surface area contributed by atoms with Gasteiger partial charge in [0.2, 0.25) is 0 Å². The largest absolute Gasteiger partial charge is 0.479 e. The van der Waals surface area contributed by atoms with E-state index in [2.05, 4.69) is 4.90 Å². The Kier molecular flexibility index (Phi) is 4.58. The van der Waals surface area contributed by atoms with Gasteiger partial charge in [-0.15, -0.1) is 0 Å². The number of para-hydroxylation sites is 1. The first-order valence-corrected chi connectivity index (χ1v) is 8.34. The van der Waals surface area contributed by atoms with Crippen LogP contribution in [0.15, 0.2) is 54.6 Å². The van der Waals surface area contributed by atoms with Crippen molar-refractivity contribution in [3.8, 4) is 0 Å². The van der Waals surface area contributed by atoms with Gasteiger partial charge < -0.3 is 10.0 Å². The van der Waals surface area contributed by atoms with Crippen molar-refractivity contribution in [2.75, 3.05) is 18.0 Å². The normalized spacial score (nSPS) is 17.5. The van der Waals surface area contributed by atoms with Gasteiger partial charge in [-0.1, -0.05) is 60.1 Å². The van der Waals surface area contributed by atoms with Crippen LogP contribution < -0.4 is 4.90 Å². The number of nitrogens with zero attached hydrogens (tertiary/aromatic N) is 1. The summed E-state index contributed by atoms with van der Waals surface area (Å²) in [5.41, 5.74) is 2.15. The fraction of sp³-hybridized carbons (Fsp3) is 0.316. The van der Waals surface area contributed by atoms with Crippen LogP contribution in [0.3, 0.4) is 0 Å². The number of aliphatic carboxylic acids is 1. The van der Waals surface area contributed by atoms with E-state index in [0.717, 1.165) is 31.6 Å². The van der Waals surface area contributed by atoms with Crippen molar-refractivity contribution in [1.82, 2.24) is 0 Å². The number of alkyl halides is 1. The Balaban J connectivity index is 2.13. The highest BCUT2D eigenvalue weighted by atomic mass is 35.5. The predicted octanol–water partition coefficient (Wildman–Crippen LogP) is 4.24. The van der Waals surface area contributed by atoms with Gasteiger partial charge in [-0.25, -0.2) is 4.79 Å². The van der Waals surface area contributed by atoms with E-state index in [0.29, 0.717) is 11.1 Å². The number of hydrogen-bond donors (Lipinski definition) is 1. The van der Waals surface area contributed by atoms with E-state index in [-0.39, 0.29) is 0 Å². The first-order valence-electron chi connectivity index (χ1n) is 7.96. The summed E-state index contributed by atoms with van der Waals surface area (Å²) in [5, 5.41) is 9.91. The highest BCUT2D eigenvalue weighted by Crippen LogP contribution is 2.42. The second-order valence-electron chi connectivity index (χ2n) is 5.89. The molecule has 0 radical (unpaired) electrons. The van der Waals surface area contributed by atoms with Crippen LogP contribution in [0.2, 0.25) is 0 Å². The van der Waals surface area contributed by atoms with Crippen LogP contribution in [-0.2, 0) is 9.67 Å². The van der Waals surface area contributed by atoms with E-state index in [1.807, 2.05) is 42.5 Å². The third kappa shape index (κ3) is 2.93. The summed E-state index contributed by atoms with van der Waals surface area (Å²) in [6.07, 6.45) is 3.48. The Morgan fingerprint density at radius 3 is 2.22 bits per heavy atom. The summed E-state index contributed by atoms with van der Waals surface area (Å²) in [4.78, 5) is 12.8. The highest BCUT2D eigenvalue weighted by Gasteiger charge is 2.42. The molecule has 0 amide bonds. The van der Waals surface area contributed by atoms with Gasteiger partial charge in [0, 0.05) is 24.3 Å². The lowest BCUT2D eigenvalue weighted by atomic mass is 9.88. The molecular weight excluding hydrogens is 310 g/mol. The number of piperidine rings is 1. The molecule has 2 aromatic rings. The van der Waals surface area contributed by atoms with Crippen molar-refractivity contribution >= 4 is 23.3 Å². The van der Waals surface area contributed by atoms with Gasteiger partial charge in [0.1, 0.15) is 0 Å². The molecule has 1 saturated heterocycles. The van der Waals surface area contributed by atoms with Crippen LogP contribution in [0.5, 0.6) is 0 Å². The SMILES string of the molecule is O=C(O)C(Cl)(c1ccccc1)c1ccccc1N1CCCCC1. The van der Waals surface area contributed by atoms with Gasteiger partial charge in [0.25, 0.3) is 0 Å². The van der Waals surface area contributed by atoms with E-state index in [1.54, 1.807) is 12.1 Å². The van der Waals surface area contributed by atoms with Gasteiger partial charge in [-0.05, 0) is 30.9 Å². The Bertz CT molecular complexity index is 683. The number of benzene rings is 2. The lowest BCUT2D eigenvalue weighted by molar-refractivity contribution is -0.139. The molecule has 1 fully saturated rings. The molecule has 1 heterocycles. The van der Waals surface area contributed by atoms with Crippen molar-refractivity contribution in [3.05, 3.63) is 65.7 Å². The minimum absolute atomic E-state index is 0.582. The second kappa shape index (κ2) is 6.63. The zero-order valence-electron chi connectivity index (χ0n) is 12.9. The minimum Gasteiger partial charge on any atom is -0.479 e. The quantitative estimate of drug-likeness (QED) is 0.853. The zero-order chi connectivity index (χ0) is 16.3. The Morgan fingerprint density at radius 1 is 0.957 bits per heavy atom. The highest BCUT2D eigenvalue weighted by molar-refractivity contribution is 6.36. The van der Waals surface area contributed by atoms with E-state index < -0.39 is 10.8 Å². The Morgan fingerprint density at radius 2 is 1.57 bits per heavy atom. The molecule has 1 atom stereocenters. The van der Waals surface area contributed by atoms with Gasteiger partial charge in [-0.3, -0.25) is 0 Å². The first kappa shape index (κ1) is 15.9. The number of carbonyl (C=O) groups is 1. The molecule has 1 aliphatic heterocycles. The fourth-order valence-corrected chi connectivity index (χ4v) is 3.52. The Hall–Kier alpha value is -2.00. The van der Waals surface area contributed by atoms with Crippen molar-refractivity contribution in [1.29, 1.82) is 0 Å². The second-order valence-corrected chi connectivity index (χ2v) is 6.46. The van der Waals surface area contributed by atoms with Crippen LogP contribution in [0.25, 0.3) is 0 Å². The fourth-order valence-electron chi connectivity index (χ4n) is 3.24. The van der Waals surface area contributed by atoms with Crippen molar-refractivity contribution in [2.24, 2.45) is 0 Å². The molecular formula is C19H20ClNO2. The molecule has 0 bridgehead atoms. The average molecular weight is 330 g/mol. The number of carboxylic acid groups (broad SMARTS) is 1. The third-order valence-corrected chi connectivity index (χ3v) is 5.02. The van der Waals surface area contributed by atoms with Crippen LogP contribution in [-0.4, -0.2) is 24.2 Å². The molecule has 0 aliphatic carbocycles. The molecule has 120 valence electrons. The van der Waals surface area contributed by atoms with E-state index in [4.69, 9.17) is 11.6 Å². The number of halogens is 1. The maximum Gasteiger partial charge on any atom is 0.334 e. The average Bonchev–Trinajstić information content (AvgIpc) is 2.62. The Labute approximate surface area is 141 Å². The van der Waals surface area contributed by atoms with E-state index >= 15 is 0 Å². The van der Waals surface area contributed by atoms with Crippen LogP contribution in [0, 0.1) is 0 Å². The van der Waals surface area contributed by atoms with E-state index in [1.165, 1.54) is 6.42 Å². The topological polar surface area (TPSA) is 40.5 Å². The third-order valence-electron chi connectivity index (χ3n) is 4.44. The smallest absolute Gasteiger partial charge is 0.334 e. The summed E-state index contributed by atoms with van der Waals surface area (Å²) >= 11 is 6.72. The van der Waals surface area contributed by atoms with Gasteiger partial charge in [-0.2, -0.15) is 0 Å². The van der Waals surface area contributed by atoms with Crippen molar-refractivity contribution in [2.45, 2.75) is 24.1 Å². The number of rotatable bonds is 4. The van der Waals surface area contributed by atoms with Crippen molar-refractivity contribution < 1.29 is 9.90 Å². The van der Waals surface area contributed by atoms with Crippen molar-refractivity contribution in [3.63, 3.8) is 0 Å². The molecule has 3 nitrogen and oxygen atoms in total. The number of carboxylic acids is 1. The first-order chi connectivity index (χ1) is 11.1. The molecule has 1 aliphatic rings. The number of hydrogen-bond acceptors (Lipinski definition) is 2. The van der Waals surface area contributed by atoms with E-state index in [9.17, 15) is 9.90 Å². The summed E-state index contributed by atoms with van der Waals surface area (Å²) in [6, 6.07) is 16.6. The van der Waals surface area contributed by atoms with Gasteiger partial charge >= 0.3 is 5.97 Å². The molecule has 0 spiro atoms. The molecule has 0 aromatic heterocycles. The molecule has 1 N–H and O–H groups in total. The van der Waals surface area contributed by atoms with Crippen LogP contribution >= 0.6 is 11.6 Å². The monoisotopic (exact) mass is 329 g/mol. The van der Waals surface area contributed by atoms with Crippen LogP contribution in [0.4, 0.5) is 5.69 Å². The standard InChI is InChI=1S/C19H20ClNO2/c20-19(18(22)23,15-9-3-1-4-10-15)16-11-5-6-12-17(16)21-13-7-2-8-14-21/h1,3-6,9-12H,2,7-8,13-14H2,(H,22,23). The summed E-state index contributed by atoms with van der Waals surface area (Å²) in [7, 11) is 0. The minimum atomic E-state index is -1.57. The van der Waals surface area contributed by atoms with Gasteiger partial charge in [0.15, 0.2) is 4.87 Å².